The highest BCUT2D eigenvalue weighted by Gasteiger charge is 2.13. The molecule has 0 saturated heterocycles. The molecule has 2 aromatic heterocycles. The lowest BCUT2D eigenvalue weighted by Gasteiger charge is -2.07. The second-order valence-corrected chi connectivity index (χ2v) is 5.77. The summed E-state index contributed by atoms with van der Waals surface area (Å²) in [5.74, 6) is 1.17. The average molecular weight is 340 g/mol. The van der Waals surface area contributed by atoms with Crippen molar-refractivity contribution in [1.29, 1.82) is 0 Å². The Morgan fingerprint density at radius 3 is 2.96 bits per heavy atom. The third-order valence-corrected chi connectivity index (χ3v) is 4.12. The Hall–Kier alpha value is -3.06. The molecule has 0 amide bonds. The first-order valence-corrected chi connectivity index (χ1v) is 7.65. The number of nitrogens with two attached hydrogens (primary N) is 1. The maximum atomic E-state index is 6.43. The summed E-state index contributed by atoms with van der Waals surface area (Å²) in [6, 6.07) is 11.2. The van der Waals surface area contributed by atoms with E-state index in [1.165, 1.54) is 0 Å². The van der Waals surface area contributed by atoms with Crippen molar-refractivity contribution in [2.45, 2.75) is 0 Å². The summed E-state index contributed by atoms with van der Waals surface area (Å²) in [6.07, 6.45) is 1.69. The fourth-order valence-corrected chi connectivity index (χ4v) is 2.75. The lowest BCUT2D eigenvalue weighted by atomic mass is 10.2. The number of benzene rings is 2. The molecule has 4 N–H and O–H groups in total. The smallest absolute Gasteiger partial charge is 0.225 e. The normalized spacial score (nSPS) is 11.1. The number of H-pyrrole nitrogens is 1. The quantitative estimate of drug-likeness (QED) is 0.497. The van der Waals surface area contributed by atoms with Gasteiger partial charge in [-0.3, -0.25) is 5.10 Å². The molecule has 0 aliphatic heterocycles. The molecule has 2 aromatic carbocycles. The highest BCUT2D eigenvalue weighted by molar-refractivity contribution is 6.38. The first-order valence-electron chi connectivity index (χ1n) is 7.27. The summed E-state index contributed by atoms with van der Waals surface area (Å²) in [4.78, 5) is 4.53. The number of aryl methyl sites for hydroxylation is 1. The van der Waals surface area contributed by atoms with Crippen molar-refractivity contribution in [1.82, 2.24) is 25.0 Å². The van der Waals surface area contributed by atoms with E-state index in [9.17, 15) is 0 Å². The fourth-order valence-electron chi connectivity index (χ4n) is 2.49. The molecule has 2 heterocycles. The van der Waals surface area contributed by atoms with E-state index in [1.807, 2.05) is 43.4 Å². The molecule has 24 heavy (non-hydrogen) atoms. The minimum atomic E-state index is 0.578. The number of anilines is 3. The van der Waals surface area contributed by atoms with Crippen molar-refractivity contribution >= 4 is 39.8 Å². The Labute approximate surface area is 142 Å². The van der Waals surface area contributed by atoms with E-state index in [4.69, 9.17) is 17.3 Å². The van der Waals surface area contributed by atoms with Crippen LogP contribution in [0.5, 0.6) is 0 Å². The molecule has 0 spiro atoms. The van der Waals surface area contributed by atoms with Crippen molar-refractivity contribution in [2.75, 3.05) is 11.1 Å². The average Bonchev–Trinajstić information content (AvgIpc) is 3.18. The first-order chi connectivity index (χ1) is 11.6. The largest absolute Gasteiger partial charge is 0.399 e. The van der Waals surface area contributed by atoms with E-state index in [-0.39, 0.29) is 0 Å². The Balaban J connectivity index is 1.70. The zero-order chi connectivity index (χ0) is 16.7. The van der Waals surface area contributed by atoms with Gasteiger partial charge in [-0.15, -0.1) is 5.10 Å². The van der Waals surface area contributed by atoms with Gasteiger partial charge in [0.2, 0.25) is 5.95 Å². The van der Waals surface area contributed by atoms with Gasteiger partial charge in [-0.2, -0.15) is 10.1 Å². The molecule has 0 aliphatic rings. The number of rotatable bonds is 3. The molecule has 0 unspecified atom stereocenters. The molecular weight excluding hydrogens is 326 g/mol. The van der Waals surface area contributed by atoms with Crippen LogP contribution in [0.3, 0.4) is 0 Å². The number of fused-ring (bicyclic) bond motifs is 1. The molecule has 120 valence electrons. The van der Waals surface area contributed by atoms with E-state index in [1.54, 1.807) is 10.9 Å². The Morgan fingerprint density at radius 1 is 1.25 bits per heavy atom. The maximum Gasteiger partial charge on any atom is 0.225 e. The van der Waals surface area contributed by atoms with Crippen LogP contribution in [0.25, 0.3) is 22.3 Å². The van der Waals surface area contributed by atoms with Gasteiger partial charge < -0.3 is 11.1 Å². The first kappa shape index (κ1) is 14.5. The molecular formula is C16H14ClN7. The molecule has 4 rings (SSSR count). The van der Waals surface area contributed by atoms with Crippen LogP contribution in [0.4, 0.5) is 17.3 Å². The van der Waals surface area contributed by atoms with Crippen LogP contribution in [-0.2, 0) is 7.05 Å². The predicted octanol–water partition coefficient (Wildman–Crippen LogP) is 3.34. The minimum absolute atomic E-state index is 0.578. The molecule has 0 radical (unpaired) electrons. The van der Waals surface area contributed by atoms with E-state index < -0.39 is 0 Å². The molecule has 0 bridgehead atoms. The molecule has 8 heteroatoms. The van der Waals surface area contributed by atoms with E-state index in [0.29, 0.717) is 22.5 Å². The van der Waals surface area contributed by atoms with Crippen molar-refractivity contribution in [3.05, 3.63) is 47.6 Å². The van der Waals surface area contributed by atoms with Crippen LogP contribution in [0.15, 0.2) is 42.6 Å². The third kappa shape index (κ3) is 2.44. The van der Waals surface area contributed by atoms with Gasteiger partial charge in [0, 0.05) is 23.7 Å². The Morgan fingerprint density at radius 2 is 2.12 bits per heavy atom. The van der Waals surface area contributed by atoms with Crippen LogP contribution >= 0.6 is 11.6 Å². The lowest BCUT2D eigenvalue weighted by Crippen LogP contribution is -2.00. The van der Waals surface area contributed by atoms with Gasteiger partial charge in [0.15, 0.2) is 5.82 Å². The van der Waals surface area contributed by atoms with Gasteiger partial charge in [0.1, 0.15) is 0 Å². The van der Waals surface area contributed by atoms with Gasteiger partial charge in [-0.05, 0) is 24.3 Å². The van der Waals surface area contributed by atoms with Crippen LogP contribution in [0.2, 0.25) is 5.02 Å². The van der Waals surface area contributed by atoms with E-state index >= 15 is 0 Å². The van der Waals surface area contributed by atoms with Gasteiger partial charge >= 0.3 is 0 Å². The summed E-state index contributed by atoms with van der Waals surface area (Å²) in [5, 5.41) is 15.9. The molecule has 4 aromatic rings. The SMILES string of the molecule is Cn1nc(-c2cccc(N)c2)nc1Nc1ccc2[nH]ncc2c1Cl. The second kappa shape index (κ2) is 5.54. The van der Waals surface area contributed by atoms with Crippen LogP contribution < -0.4 is 11.1 Å². The lowest BCUT2D eigenvalue weighted by molar-refractivity contribution is 0.778. The van der Waals surface area contributed by atoms with Crippen LogP contribution in [0.1, 0.15) is 0 Å². The molecule has 0 aliphatic carbocycles. The van der Waals surface area contributed by atoms with Gasteiger partial charge in [-0.1, -0.05) is 23.7 Å². The fraction of sp³-hybridized carbons (Fsp3) is 0.0625. The van der Waals surface area contributed by atoms with Crippen molar-refractivity contribution in [2.24, 2.45) is 7.05 Å². The number of nitrogen functional groups attached to an aromatic ring is 1. The zero-order valence-electron chi connectivity index (χ0n) is 12.8. The predicted molar refractivity (Wildman–Crippen MR) is 95.2 cm³/mol. The molecule has 7 nitrogen and oxygen atoms in total. The van der Waals surface area contributed by atoms with Gasteiger partial charge in [-0.25, -0.2) is 4.68 Å². The van der Waals surface area contributed by atoms with Crippen molar-refractivity contribution < 1.29 is 0 Å². The zero-order valence-corrected chi connectivity index (χ0v) is 13.5. The van der Waals surface area contributed by atoms with E-state index in [2.05, 4.69) is 25.6 Å². The summed E-state index contributed by atoms with van der Waals surface area (Å²) < 4.78 is 1.66. The van der Waals surface area contributed by atoms with Crippen molar-refractivity contribution in [3.63, 3.8) is 0 Å². The maximum absolute atomic E-state index is 6.43. The topological polar surface area (TPSA) is 97.4 Å². The number of halogens is 1. The van der Waals surface area contributed by atoms with Crippen molar-refractivity contribution in [3.8, 4) is 11.4 Å². The monoisotopic (exact) mass is 339 g/mol. The second-order valence-electron chi connectivity index (χ2n) is 5.39. The van der Waals surface area contributed by atoms with Gasteiger partial charge in [0.25, 0.3) is 0 Å². The number of aromatic nitrogens is 5. The highest BCUT2D eigenvalue weighted by Crippen LogP contribution is 2.32. The Bertz CT molecular complexity index is 1030. The minimum Gasteiger partial charge on any atom is -0.399 e. The van der Waals surface area contributed by atoms with Gasteiger partial charge in [0.05, 0.1) is 22.4 Å². The number of hydrogen-bond acceptors (Lipinski definition) is 5. The van der Waals surface area contributed by atoms with Crippen LogP contribution in [0, 0.1) is 0 Å². The Kier molecular flexibility index (Phi) is 3.35. The standard InChI is InChI=1S/C16H14ClN7/c1-24-16(21-15(23-24)9-3-2-4-10(18)7-9)20-13-6-5-12-11(14(13)17)8-19-22-12/h2-8H,18H2,1H3,(H,19,22)(H,20,21,23). The summed E-state index contributed by atoms with van der Waals surface area (Å²) in [6.45, 7) is 0. The van der Waals surface area contributed by atoms with Crippen LogP contribution in [-0.4, -0.2) is 25.0 Å². The number of hydrogen-bond donors (Lipinski definition) is 3. The number of aromatic amines is 1. The number of nitrogens with one attached hydrogen (secondary N) is 2. The third-order valence-electron chi connectivity index (χ3n) is 3.71. The number of nitrogens with zero attached hydrogens (tertiary/aromatic N) is 4. The highest BCUT2D eigenvalue weighted by atomic mass is 35.5. The summed E-state index contributed by atoms with van der Waals surface area (Å²) in [5.41, 5.74) is 8.96. The summed E-state index contributed by atoms with van der Waals surface area (Å²) in [7, 11) is 1.81. The molecule has 0 fully saturated rings. The molecule has 0 atom stereocenters. The van der Waals surface area contributed by atoms with E-state index in [0.717, 1.165) is 22.2 Å². The summed E-state index contributed by atoms with van der Waals surface area (Å²) >= 11 is 6.43. The molecule has 0 saturated carbocycles.